The fourth-order valence-corrected chi connectivity index (χ4v) is 3.43. The summed E-state index contributed by atoms with van der Waals surface area (Å²) in [6, 6.07) is 21.0. The largest absolute Gasteiger partial charge is 0.334 e. The van der Waals surface area contributed by atoms with E-state index in [1.165, 1.54) is 12.1 Å². The third-order valence-electron chi connectivity index (χ3n) is 4.53. The monoisotopic (exact) mass is 430 g/mol. The third-order valence-corrected chi connectivity index (χ3v) is 5.11. The summed E-state index contributed by atoms with van der Waals surface area (Å²) in [6.07, 6.45) is 0.579. The highest BCUT2D eigenvalue weighted by molar-refractivity contribution is 6.35. The van der Waals surface area contributed by atoms with Crippen molar-refractivity contribution in [2.75, 3.05) is 6.54 Å². The molecule has 2 amide bonds. The van der Waals surface area contributed by atoms with Gasteiger partial charge in [0.25, 0.3) is 0 Å². The van der Waals surface area contributed by atoms with Gasteiger partial charge >= 0.3 is 6.03 Å². The molecular formula is C23H21Cl2FN2O. The third kappa shape index (κ3) is 6.48. The second-order valence-corrected chi connectivity index (χ2v) is 7.52. The highest BCUT2D eigenvalue weighted by Crippen LogP contribution is 2.22. The Morgan fingerprint density at radius 1 is 0.931 bits per heavy atom. The molecule has 0 saturated heterocycles. The summed E-state index contributed by atoms with van der Waals surface area (Å²) in [5, 5.41) is 4.09. The molecule has 0 bridgehead atoms. The molecule has 0 atom stereocenters. The van der Waals surface area contributed by atoms with Crippen molar-refractivity contribution in [3.63, 3.8) is 0 Å². The Morgan fingerprint density at radius 2 is 1.66 bits per heavy atom. The highest BCUT2D eigenvalue weighted by atomic mass is 35.5. The molecule has 150 valence electrons. The normalized spacial score (nSPS) is 10.6. The first-order chi connectivity index (χ1) is 14.0. The quantitative estimate of drug-likeness (QED) is 0.483. The number of rotatable bonds is 7. The summed E-state index contributed by atoms with van der Waals surface area (Å²) in [5.41, 5.74) is 2.78. The molecule has 0 heterocycles. The van der Waals surface area contributed by atoms with E-state index in [1.807, 2.05) is 36.4 Å². The lowest BCUT2D eigenvalue weighted by Gasteiger charge is -2.24. The molecule has 3 rings (SSSR count). The van der Waals surface area contributed by atoms with Crippen LogP contribution in [0.1, 0.15) is 16.7 Å². The molecule has 3 aromatic carbocycles. The maximum absolute atomic E-state index is 13.2. The average molecular weight is 431 g/mol. The number of halogens is 3. The maximum Gasteiger partial charge on any atom is 0.317 e. The van der Waals surface area contributed by atoms with Gasteiger partial charge in [0.15, 0.2) is 0 Å². The van der Waals surface area contributed by atoms with Crippen molar-refractivity contribution in [3.05, 3.63) is 105 Å². The number of carbonyl (C=O) groups is 1. The van der Waals surface area contributed by atoms with Crippen LogP contribution in [-0.2, 0) is 19.5 Å². The van der Waals surface area contributed by atoms with Gasteiger partial charge in [-0.2, -0.15) is 0 Å². The van der Waals surface area contributed by atoms with E-state index in [-0.39, 0.29) is 11.8 Å². The Bertz CT molecular complexity index is 949. The van der Waals surface area contributed by atoms with Crippen molar-refractivity contribution in [3.8, 4) is 0 Å². The van der Waals surface area contributed by atoms with Crippen LogP contribution in [0.15, 0.2) is 72.8 Å². The Morgan fingerprint density at radius 3 is 2.34 bits per heavy atom. The number of hydrogen-bond acceptors (Lipinski definition) is 1. The summed E-state index contributed by atoms with van der Waals surface area (Å²) in [6.45, 7) is 1.26. The van der Waals surface area contributed by atoms with Crippen LogP contribution in [0.5, 0.6) is 0 Å². The number of amides is 2. The number of urea groups is 1. The molecule has 0 radical (unpaired) electrons. The van der Waals surface area contributed by atoms with E-state index in [2.05, 4.69) is 5.32 Å². The fourth-order valence-electron chi connectivity index (χ4n) is 2.93. The van der Waals surface area contributed by atoms with Crippen LogP contribution in [0.25, 0.3) is 0 Å². The van der Waals surface area contributed by atoms with Crippen molar-refractivity contribution in [1.29, 1.82) is 0 Å². The van der Waals surface area contributed by atoms with Crippen LogP contribution in [-0.4, -0.2) is 17.5 Å². The van der Waals surface area contributed by atoms with Gasteiger partial charge in [0.05, 0.1) is 0 Å². The van der Waals surface area contributed by atoms with E-state index in [0.717, 1.165) is 16.7 Å². The smallest absolute Gasteiger partial charge is 0.317 e. The van der Waals surface area contributed by atoms with Crippen LogP contribution >= 0.6 is 23.2 Å². The van der Waals surface area contributed by atoms with Gasteiger partial charge in [-0.25, -0.2) is 9.18 Å². The first kappa shape index (κ1) is 21.2. The van der Waals surface area contributed by atoms with Gasteiger partial charge in [0, 0.05) is 29.7 Å². The highest BCUT2D eigenvalue weighted by Gasteiger charge is 2.15. The molecule has 0 aliphatic rings. The first-order valence-corrected chi connectivity index (χ1v) is 10.0. The maximum atomic E-state index is 13.2. The van der Waals surface area contributed by atoms with E-state index in [1.54, 1.807) is 29.2 Å². The Labute approximate surface area is 180 Å². The first-order valence-electron chi connectivity index (χ1n) is 9.26. The number of benzene rings is 3. The molecule has 0 aliphatic carbocycles. The van der Waals surface area contributed by atoms with Gasteiger partial charge < -0.3 is 10.2 Å². The average Bonchev–Trinajstić information content (AvgIpc) is 2.72. The van der Waals surface area contributed by atoms with E-state index >= 15 is 0 Å². The lowest BCUT2D eigenvalue weighted by molar-refractivity contribution is 0.195. The number of nitrogens with one attached hydrogen (secondary N) is 1. The molecule has 6 heteroatoms. The molecule has 1 N–H and O–H groups in total. The van der Waals surface area contributed by atoms with Gasteiger partial charge in [0.2, 0.25) is 0 Å². The van der Waals surface area contributed by atoms with Crippen molar-refractivity contribution >= 4 is 29.2 Å². The van der Waals surface area contributed by atoms with Crippen molar-refractivity contribution < 1.29 is 9.18 Å². The lowest BCUT2D eigenvalue weighted by Crippen LogP contribution is -2.40. The molecule has 0 aromatic heterocycles. The van der Waals surface area contributed by atoms with Crippen LogP contribution in [0.2, 0.25) is 10.0 Å². The predicted octanol–water partition coefficient (Wildman–Crippen LogP) is 6.09. The van der Waals surface area contributed by atoms with Gasteiger partial charge in [-0.3, -0.25) is 0 Å². The predicted molar refractivity (Wildman–Crippen MR) is 116 cm³/mol. The Balaban J connectivity index is 1.69. The Hall–Kier alpha value is -2.56. The minimum Gasteiger partial charge on any atom is -0.334 e. The summed E-state index contributed by atoms with van der Waals surface area (Å²) in [4.78, 5) is 14.5. The molecule has 0 unspecified atom stereocenters. The molecular weight excluding hydrogens is 410 g/mol. The number of nitrogens with zero attached hydrogens (tertiary/aromatic N) is 1. The zero-order valence-corrected chi connectivity index (χ0v) is 17.3. The van der Waals surface area contributed by atoms with Gasteiger partial charge in [-0.05, 0) is 47.4 Å². The van der Waals surface area contributed by atoms with Crippen LogP contribution in [0.3, 0.4) is 0 Å². The lowest BCUT2D eigenvalue weighted by atomic mass is 10.1. The summed E-state index contributed by atoms with van der Waals surface area (Å²) in [7, 11) is 0. The molecule has 3 aromatic rings. The molecule has 3 nitrogen and oxygen atoms in total. The van der Waals surface area contributed by atoms with E-state index in [4.69, 9.17) is 23.2 Å². The van der Waals surface area contributed by atoms with E-state index in [9.17, 15) is 9.18 Å². The molecule has 29 heavy (non-hydrogen) atoms. The minimum absolute atomic E-state index is 0.191. The Kier molecular flexibility index (Phi) is 7.50. The van der Waals surface area contributed by atoms with E-state index < -0.39 is 0 Å². The zero-order valence-electron chi connectivity index (χ0n) is 15.7. The van der Waals surface area contributed by atoms with Crippen molar-refractivity contribution in [1.82, 2.24) is 10.2 Å². The molecule has 0 fully saturated rings. The fraction of sp³-hybridized carbons (Fsp3) is 0.174. The number of carbonyl (C=O) groups excluding carboxylic acids is 1. The summed E-state index contributed by atoms with van der Waals surface area (Å²) >= 11 is 12.2. The van der Waals surface area contributed by atoms with Gasteiger partial charge in [0.1, 0.15) is 5.82 Å². The van der Waals surface area contributed by atoms with Crippen LogP contribution in [0, 0.1) is 5.82 Å². The minimum atomic E-state index is -0.304. The van der Waals surface area contributed by atoms with Crippen LogP contribution < -0.4 is 5.32 Å². The summed E-state index contributed by atoms with van der Waals surface area (Å²) < 4.78 is 13.2. The molecule has 0 saturated carbocycles. The van der Waals surface area contributed by atoms with Crippen molar-refractivity contribution in [2.45, 2.75) is 19.5 Å². The standard InChI is InChI=1S/C23H21Cl2FN2O/c24-20-9-8-19(22(25)14-20)12-13-28(16-18-6-10-21(26)11-7-18)23(29)27-15-17-4-2-1-3-5-17/h1-11,14H,12-13,15-16H2,(H,27,29). The second kappa shape index (κ2) is 10.3. The topological polar surface area (TPSA) is 32.3 Å². The van der Waals surface area contributed by atoms with E-state index in [0.29, 0.717) is 36.1 Å². The van der Waals surface area contributed by atoms with Crippen molar-refractivity contribution in [2.24, 2.45) is 0 Å². The zero-order chi connectivity index (χ0) is 20.6. The summed E-state index contributed by atoms with van der Waals surface area (Å²) in [5.74, 6) is -0.304. The molecule has 0 spiro atoms. The molecule has 0 aliphatic heterocycles. The second-order valence-electron chi connectivity index (χ2n) is 6.68. The van der Waals surface area contributed by atoms with Crippen LogP contribution in [0.4, 0.5) is 9.18 Å². The SMILES string of the molecule is O=C(NCc1ccccc1)N(CCc1ccc(Cl)cc1Cl)Cc1ccc(F)cc1. The van der Waals surface area contributed by atoms with Gasteiger partial charge in [-0.1, -0.05) is 71.7 Å². The van der Waals surface area contributed by atoms with Gasteiger partial charge in [-0.15, -0.1) is 0 Å². The number of hydrogen-bond donors (Lipinski definition) is 1.